The molecule has 0 aromatic heterocycles. The zero-order valence-electron chi connectivity index (χ0n) is 16.7. The molecule has 5 nitrogen and oxygen atoms in total. The van der Waals surface area contributed by atoms with Gasteiger partial charge in [-0.15, -0.1) is 11.8 Å². The molecular weight excluding hydrogens is 415 g/mol. The number of halogens is 1. The number of benzene rings is 3. The molecular formula is C24H19FN2O3S. The normalized spacial score (nSPS) is 19.9. The summed E-state index contributed by atoms with van der Waals surface area (Å²) in [6.07, 6.45) is 0. The van der Waals surface area contributed by atoms with Crippen LogP contribution < -0.4 is 14.5 Å². The summed E-state index contributed by atoms with van der Waals surface area (Å²) < 4.78 is 19.3. The molecule has 31 heavy (non-hydrogen) atoms. The fraction of sp³-hybridized carbons (Fsp3) is 0.167. The van der Waals surface area contributed by atoms with Crippen LogP contribution in [0.2, 0.25) is 0 Å². The molecule has 0 aliphatic carbocycles. The van der Waals surface area contributed by atoms with E-state index in [4.69, 9.17) is 4.74 Å². The third kappa shape index (κ3) is 2.99. The van der Waals surface area contributed by atoms with E-state index in [1.54, 1.807) is 24.1 Å². The third-order valence-electron chi connectivity index (χ3n) is 5.61. The number of fused-ring (bicyclic) bond motifs is 2. The maximum atomic E-state index is 14.0. The second-order valence-electron chi connectivity index (χ2n) is 7.40. The van der Waals surface area contributed by atoms with Crippen molar-refractivity contribution in [2.45, 2.75) is 11.4 Å². The summed E-state index contributed by atoms with van der Waals surface area (Å²) in [7, 11) is 1.60. The van der Waals surface area contributed by atoms with Gasteiger partial charge < -0.3 is 9.64 Å². The molecule has 1 unspecified atom stereocenters. The number of thioether (sulfide) groups is 1. The maximum absolute atomic E-state index is 14.0. The predicted molar refractivity (Wildman–Crippen MR) is 119 cm³/mol. The quantitative estimate of drug-likeness (QED) is 0.614. The van der Waals surface area contributed by atoms with Gasteiger partial charge >= 0.3 is 0 Å². The maximum Gasteiger partial charge on any atom is 0.269 e. The smallest absolute Gasteiger partial charge is 0.269 e. The first-order valence-electron chi connectivity index (χ1n) is 9.81. The summed E-state index contributed by atoms with van der Waals surface area (Å²) in [6, 6.07) is 20.9. The van der Waals surface area contributed by atoms with Gasteiger partial charge in [0, 0.05) is 11.3 Å². The van der Waals surface area contributed by atoms with E-state index >= 15 is 0 Å². The molecule has 2 heterocycles. The van der Waals surface area contributed by atoms with E-state index in [9.17, 15) is 14.0 Å². The Morgan fingerprint density at radius 1 is 1.03 bits per heavy atom. The number of ether oxygens (including phenoxy) is 1. The minimum Gasteiger partial charge on any atom is -0.497 e. The molecule has 156 valence electrons. The first-order chi connectivity index (χ1) is 15.0. The number of anilines is 2. The van der Waals surface area contributed by atoms with E-state index < -0.39 is 10.7 Å². The van der Waals surface area contributed by atoms with E-state index in [1.165, 1.54) is 28.8 Å². The van der Waals surface area contributed by atoms with Gasteiger partial charge in [0.1, 0.15) is 11.6 Å². The van der Waals surface area contributed by atoms with Crippen LogP contribution in [-0.4, -0.2) is 24.7 Å². The number of hydrogen-bond acceptors (Lipinski definition) is 4. The standard InChI is InChI=1S/C24H19FN2O3S/c1-30-19-9-4-6-16(12-19)14-26-21-11-3-2-10-20(21)24(23(26)29)27(22(28)15-31-24)18-8-5-7-17(25)13-18/h2-13H,14-15H2,1H3. The van der Waals surface area contributed by atoms with Crippen LogP contribution in [0.3, 0.4) is 0 Å². The van der Waals surface area contributed by atoms with Gasteiger partial charge in [-0.3, -0.25) is 14.5 Å². The Bertz CT molecular complexity index is 1200. The van der Waals surface area contributed by atoms with Gasteiger partial charge in [-0.05, 0) is 42.0 Å². The average molecular weight is 434 g/mol. The van der Waals surface area contributed by atoms with Crippen LogP contribution in [0.1, 0.15) is 11.1 Å². The summed E-state index contributed by atoms with van der Waals surface area (Å²) in [6.45, 7) is 0.334. The molecule has 3 aromatic rings. The number of hydrogen-bond donors (Lipinski definition) is 0. The fourth-order valence-electron chi connectivity index (χ4n) is 4.28. The van der Waals surface area contributed by atoms with E-state index in [-0.39, 0.29) is 17.6 Å². The van der Waals surface area contributed by atoms with Crippen molar-refractivity contribution in [2.75, 3.05) is 22.7 Å². The van der Waals surface area contributed by atoms with Crippen molar-refractivity contribution in [1.82, 2.24) is 0 Å². The first-order valence-corrected chi connectivity index (χ1v) is 10.8. The third-order valence-corrected chi connectivity index (χ3v) is 6.99. The molecule has 2 aliphatic heterocycles. The number of rotatable bonds is 4. The topological polar surface area (TPSA) is 49.9 Å². The molecule has 0 bridgehead atoms. The van der Waals surface area contributed by atoms with Crippen LogP contribution in [0, 0.1) is 5.82 Å². The predicted octanol–water partition coefficient (Wildman–Crippen LogP) is 4.31. The van der Waals surface area contributed by atoms with Crippen molar-refractivity contribution in [3.63, 3.8) is 0 Å². The van der Waals surface area contributed by atoms with Gasteiger partial charge in [-0.25, -0.2) is 4.39 Å². The molecule has 1 fully saturated rings. The Morgan fingerprint density at radius 3 is 2.65 bits per heavy atom. The molecule has 0 saturated carbocycles. The number of carbonyl (C=O) groups excluding carboxylic acids is 2. The highest BCUT2D eigenvalue weighted by Gasteiger charge is 2.60. The molecule has 5 rings (SSSR count). The van der Waals surface area contributed by atoms with Crippen molar-refractivity contribution < 1.29 is 18.7 Å². The summed E-state index contributed by atoms with van der Waals surface area (Å²) in [4.78, 5) is 28.8. The molecule has 0 radical (unpaired) electrons. The molecule has 2 aliphatic rings. The van der Waals surface area contributed by atoms with Crippen LogP contribution in [-0.2, 0) is 21.0 Å². The number of carbonyl (C=O) groups is 2. The zero-order valence-corrected chi connectivity index (χ0v) is 17.6. The second kappa shape index (κ2) is 7.42. The van der Waals surface area contributed by atoms with Crippen molar-refractivity contribution in [2.24, 2.45) is 0 Å². The van der Waals surface area contributed by atoms with Gasteiger partial charge in [0.05, 0.1) is 25.1 Å². The SMILES string of the molecule is COc1cccc(CN2C(=O)C3(SCC(=O)N3c3cccc(F)c3)c3ccccc32)c1. The van der Waals surface area contributed by atoms with Gasteiger partial charge in [-0.2, -0.15) is 0 Å². The van der Waals surface area contributed by atoms with E-state index in [2.05, 4.69) is 0 Å². The number of para-hydroxylation sites is 1. The highest BCUT2D eigenvalue weighted by Crippen LogP contribution is 2.55. The number of amides is 2. The van der Waals surface area contributed by atoms with Gasteiger partial charge in [0.25, 0.3) is 5.91 Å². The van der Waals surface area contributed by atoms with Crippen LogP contribution in [0.15, 0.2) is 72.8 Å². The van der Waals surface area contributed by atoms with Gasteiger partial charge in [-0.1, -0.05) is 36.4 Å². The monoisotopic (exact) mass is 434 g/mol. The highest BCUT2D eigenvalue weighted by atomic mass is 32.2. The van der Waals surface area contributed by atoms with Gasteiger partial charge in [0.2, 0.25) is 10.8 Å². The summed E-state index contributed by atoms with van der Waals surface area (Å²) in [5.41, 5.74) is 2.77. The summed E-state index contributed by atoms with van der Waals surface area (Å²) >= 11 is 1.28. The van der Waals surface area contributed by atoms with Crippen molar-refractivity contribution in [3.8, 4) is 5.75 Å². The molecule has 1 spiro atoms. The Balaban J connectivity index is 1.63. The molecule has 2 amide bonds. The lowest BCUT2D eigenvalue weighted by atomic mass is 10.0. The second-order valence-corrected chi connectivity index (χ2v) is 8.57. The molecule has 0 N–H and O–H groups in total. The number of nitrogens with zero attached hydrogens (tertiary/aromatic N) is 2. The Kier molecular flexibility index (Phi) is 4.70. The minimum atomic E-state index is -1.25. The van der Waals surface area contributed by atoms with Crippen molar-refractivity contribution in [3.05, 3.63) is 89.7 Å². The lowest BCUT2D eigenvalue weighted by molar-refractivity contribution is -0.123. The Hall–Kier alpha value is -3.32. The number of methoxy groups -OCH3 is 1. The van der Waals surface area contributed by atoms with Crippen LogP contribution >= 0.6 is 11.8 Å². The van der Waals surface area contributed by atoms with Crippen LogP contribution in [0.4, 0.5) is 15.8 Å². The summed E-state index contributed by atoms with van der Waals surface area (Å²) in [5.74, 6) is -0.0364. The van der Waals surface area contributed by atoms with Crippen molar-refractivity contribution >= 4 is 35.0 Å². The van der Waals surface area contributed by atoms with E-state index in [0.29, 0.717) is 18.0 Å². The Labute approximate surface area is 183 Å². The van der Waals surface area contributed by atoms with Gasteiger partial charge in [0.15, 0.2) is 0 Å². The molecule has 1 saturated heterocycles. The first kappa shape index (κ1) is 19.6. The summed E-state index contributed by atoms with van der Waals surface area (Å²) in [5, 5.41) is 0. The minimum absolute atomic E-state index is 0.142. The van der Waals surface area contributed by atoms with Crippen LogP contribution in [0.25, 0.3) is 0 Å². The van der Waals surface area contributed by atoms with E-state index in [1.807, 2.05) is 48.5 Å². The Morgan fingerprint density at radius 2 is 1.84 bits per heavy atom. The van der Waals surface area contributed by atoms with Crippen LogP contribution in [0.5, 0.6) is 5.75 Å². The fourth-order valence-corrected chi connectivity index (χ4v) is 5.64. The molecule has 7 heteroatoms. The lowest BCUT2D eigenvalue weighted by Gasteiger charge is -2.33. The lowest BCUT2D eigenvalue weighted by Crippen LogP contribution is -2.49. The average Bonchev–Trinajstić information content (AvgIpc) is 3.25. The highest BCUT2D eigenvalue weighted by molar-refractivity contribution is 8.02. The zero-order chi connectivity index (χ0) is 21.6. The molecule has 1 atom stereocenters. The van der Waals surface area contributed by atoms with Crippen molar-refractivity contribution in [1.29, 1.82) is 0 Å². The van der Waals surface area contributed by atoms with E-state index in [0.717, 1.165) is 16.8 Å². The molecule has 3 aromatic carbocycles. The largest absolute Gasteiger partial charge is 0.497 e.